The third kappa shape index (κ3) is 3.99. The van der Waals surface area contributed by atoms with Crippen LogP contribution in [0, 0.1) is 13.8 Å². The number of hydrogen-bond donors (Lipinski definition) is 0. The van der Waals surface area contributed by atoms with Gasteiger partial charge >= 0.3 is 5.97 Å². The number of carbonyl (C=O) groups is 2. The molecule has 1 amide bonds. The first kappa shape index (κ1) is 19.8. The van der Waals surface area contributed by atoms with Gasteiger partial charge in [-0.2, -0.15) is 4.99 Å². The maximum Gasteiger partial charge on any atom is 0.325 e. The van der Waals surface area contributed by atoms with Gasteiger partial charge in [-0.15, -0.1) is 0 Å². The van der Waals surface area contributed by atoms with E-state index >= 15 is 0 Å². The molecular formula is C21H22N2O4S. The number of nitrogens with zero attached hydrogens (tertiary/aromatic N) is 2. The van der Waals surface area contributed by atoms with Crippen LogP contribution in [-0.2, 0) is 16.1 Å². The number of rotatable bonds is 5. The number of para-hydroxylation sites is 1. The van der Waals surface area contributed by atoms with Gasteiger partial charge in [0.1, 0.15) is 17.8 Å². The van der Waals surface area contributed by atoms with Crippen molar-refractivity contribution in [2.24, 2.45) is 4.99 Å². The van der Waals surface area contributed by atoms with E-state index in [9.17, 15) is 9.59 Å². The van der Waals surface area contributed by atoms with Crippen LogP contribution in [0.5, 0.6) is 5.75 Å². The minimum atomic E-state index is -0.425. The van der Waals surface area contributed by atoms with Crippen LogP contribution in [0.15, 0.2) is 41.4 Å². The molecule has 0 saturated heterocycles. The zero-order chi connectivity index (χ0) is 20.3. The maximum atomic E-state index is 12.8. The van der Waals surface area contributed by atoms with Gasteiger partial charge < -0.3 is 14.0 Å². The van der Waals surface area contributed by atoms with Crippen molar-refractivity contribution >= 4 is 33.4 Å². The molecule has 0 bridgehead atoms. The number of amides is 1. The Balaban J connectivity index is 2.20. The molecule has 28 heavy (non-hydrogen) atoms. The lowest BCUT2D eigenvalue weighted by Gasteiger charge is -2.09. The normalized spacial score (nSPS) is 11.6. The number of hydrogen-bond acceptors (Lipinski definition) is 5. The van der Waals surface area contributed by atoms with E-state index in [0.29, 0.717) is 22.7 Å². The van der Waals surface area contributed by atoms with Gasteiger partial charge in [0.05, 0.1) is 18.4 Å². The van der Waals surface area contributed by atoms with Crippen molar-refractivity contribution in [2.45, 2.75) is 27.3 Å². The van der Waals surface area contributed by atoms with Crippen molar-refractivity contribution in [3.05, 3.63) is 57.9 Å². The van der Waals surface area contributed by atoms with Crippen molar-refractivity contribution in [2.75, 3.05) is 13.7 Å². The van der Waals surface area contributed by atoms with Crippen LogP contribution in [0.25, 0.3) is 10.2 Å². The fourth-order valence-electron chi connectivity index (χ4n) is 3.00. The van der Waals surface area contributed by atoms with Crippen molar-refractivity contribution in [3.63, 3.8) is 0 Å². The van der Waals surface area contributed by atoms with Crippen LogP contribution in [0.2, 0.25) is 0 Å². The lowest BCUT2D eigenvalue weighted by Crippen LogP contribution is -2.22. The molecule has 6 nitrogen and oxygen atoms in total. The number of thiazole rings is 1. The molecule has 1 aromatic heterocycles. The molecule has 3 rings (SSSR count). The fourth-order valence-corrected chi connectivity index (χ4v) is 4.04. The fraction of sp³-hybridized carbons (Fsp3) is 0.286. The number of carbonyl (C=O) groups excluding carboxylic acids is 2. The summed E-state index contributed by atoms with van der Waals surface area (Å²) in [7, 11) is 1.33. The Hall–Kier alpha value is -2.93. The summed E-state index contributed by atoms with van der Waals surface area (Å²) in [4.78, 5) is 29.6. The zero-order valence-electron chi connectivity index (χ0n) is 16.3. The van der Waals surface area contributed by atoms with E-state index < -0.39 is 5.97 Å². The Morgan fingerprint density at radius 1 is 1.18 bits per heavy atom. The lowest BCUT2D eigenvalue weighted by molar-refractivity contribution is -0.141. The van der Waals surface area contributed by atoms with E-state index in [1.807, 2.05) is 51.1 Å². The molecule has 0 atom stereocenters. The van der Waals surface area contributed by atoms with Crippen LogP contribution in [-0.4, -0.2) is 30.2 Å². The highest BCUT2D eigenvalue weighted by Crippen LogP contribution is 2.27. The van der Waals surface area contributed by atoms with E-state index in [1.165, 1.54) is 18.4 Å². The first-order valence-electron chi connectivity index (χ1n) is 8.93. The number of benzene rings is 2. The van der Waals surface area contributed by atoms with Crippen molar-refractivity contribution in [3.8, 4) is 5.75 Å². The predicted molar refractivity (Wildman–Crippen MR) is 109 cm³/mol. The predicted octanol–water partition coefficient (Wildman–Crippen LogP) is 3.63. The van der Waals surface area contributed by atoms with Gasteiger partial charge in [0.15, 0.2) is 4.80 Å². The molecule has 0 unspecified atom stereocenters. The number of ether oxygens (including phenoxy) is 2. The van der Waals surface area contributed by atoms with Crippen molar-refractivity contribution in [1.82, 2.24) is 4.57 Å². The van der Waals surface area contributed by atoms with Gasteiger partial charge in [0.2, 0.25) is 0 Å². The van der Waals surface area contributed by atoms with Crippen LogP contribution in [0.3, 0.4) is 0 Å². The Kier molecular flexibility index (Phi) is 5.94. The molecule has 0 spiro atoms. The summed E-state index contributed by atoms with van der Waals surface area (Å²) < 4.78 is 13.1. The van der Waals surface area contributed by atoms with Crippen LogP contribution in [0.1, 0.15) is 28.4 Å². The Bertz CT molecular complexity index is 1110. The van der Waals surface area contributed by atoms with E-state index in [2.05, 4.69) is 4.99 Å². The van der Waals surface area contributed by atoms with Crippen LogP contribution in [0.4, 0.5) is 0 Å². The second kappa shape index (κ2) is 8.39. The molecule has 0 aliphatic rings. The molecule has 3 aromatic rings. The second-order valence-corrected chi connectivity index (χ2v) is 7.33. The van der Waals surface area contributed by atoms with Gasteiger partial charge in [-0.25, -0.2) is 0 Å². The lowest BCUT2D eigenvalue weighted by atomic mass is 10.1. The summed E-state index contributed by atoms with van der Waals surface area (Å²) in [6.07, 6.45) is 0. The molecule has 1 heterocycles. The molecule has 0 fully saturated rings. The zero-order valence-corrected chi connectivity index (χ0v) is 17.1. The third-order valence-electron chi connectivity index (χ3n) is 4.29. The smallest absolute Gasteiger partial charge is 0.325 e. The first-order chi connectivity index (χ1) is 13.4. The number of aromatic nitrogens is 1. The summed E-state index contributed by atoms with van der Waals surface area (Å²) in [5, 5.41) is 0. The maximum absolute atomic E-state index is 12.8. The summed E-state index contributed by atoms with van der Waals surface area (Å²) in [6, 6.07) is 11.2. The number of methoxy groups -OCH3 is 1. The molecule has 0 radical (unpaired) electrons. The van der Waals surface area contributed by atoms with Crippen molar-refractivity contribution in [1.29, 1.82) is 0 Å². The average molecular weight is 398 g/mol. The number of aryl methyl sites for hydroxylation is 2. The van der Waals surface area contributed by atoms with E-state index in [0.717, 1.165) is 21.3 Å². The summed E-state index contributed by atoms with van der Waals surface area (Å²) in [6.45, 7) is 6.19. The van der Waals surface area contributed by atoms with Gasteiger partial charge in [-0.05, 0) is 44.5 Å². The Morgan fingerprint density at radius 2 is 1.96 bits per heavy atom. The summed E-state index contributed by atoms with van der Waals surface area (Å²) >= 11 is 1.34. The monoisotopic (exact) mass is 398 g/mol. The second-order valence-electron chi connectivity index (χ2n) is 6.32. The van der Waals surface area contributed by atoms with E-state index in [-0.39, 0.29) is 12.5 Å². The largest absolute Gasteiger partial charge is 0.492 e. The SMILES string of the molecule is CCOc1cccc2sc(=NC(=O)c3ccc(C)cc3C)n(CC(=O)OC)c12. The average Bonchev–Trinajstić information content (AvgIpc) is 2.99. The molecule has 0 N–H and O–H groups in total. The molecule has 146 valence electrons. The van der Waals surface area contributed by atoms with Gasteiger partial charge in [0.25, 0.3) is 5.91 Å². The Labute approximate surface area is 167 Å². The van der Waals surface area contributed by atoms with Crippen LogP contribution >= 0.6 is 11.3 Å². The summed E-state index contributed by atoms with van der Waals surface area (Å²) in [5.41, 5.74) is 3.21. The summed E-state index contributed by atoms with van der Waals surface area (Å²) in [5.74, 6) is -0.132. The molecule has 7 heteroatoms. The highest BCUT2D eigenvalue weighted by molar-refractivity contribution is 7.16. The quantitative estimate of drug-likeness (QED) is 0.616. The standard InChI is InChI=1S/C21H22N2O4S/c1-5-27-16-7-6-8-17-19(16)23(12-18(24)26-4)21(28-17)22-20(25)15-10-9-13(2)11-14(15)3/h6-11H,5,12H2,1-4H3. The molecule has 0 aliphatic heterocycles. The number of esters is 1. The highest BCUT2D eigenvalue weighted by atomic mass is 32.1. The van der Waals surface area contributed by atoms with Crippen LogP contribution < -0.4 is 9.54 Å². The van der Waals surface area contributed by atoms with Gasteiger partial charge in [-0.3, -0.25) is 9.59 Å². The minimum Gasteiger partial charge on any atom is -0.492 e. The van der Waals surface area contributed by atoms with Gasteiger partial charge in [-0.1, -0.05) is 35.1 Å². The van der Waals surface area contributed by atoms with Gasteiger partial charge in [0, 0.05) is 5.56 Å². The topological polar surface area (TPSA) is 69.9 Å². The highest BCUT2D eigenvalue weighted by Gasteiger charge is 2.16. The molecule has 2 aromatic carbocycles. The number of fused-ring (bicyclic) bond motifs is 1. The Morgan fingerprint density at radius 3 is 2.64 bits per heavy atom. The van der Waals surface area contributed by atoms with E-state index in [1.54, 1.807) is 10.6 Å². The third-order valence-corrected chi connectivity index (χ3v) is 5.33. The van der Waals surface area contributed by atoms with Crippen molar-refractivity contribution < 1.29 is 19.1 Å². The minimum absolute atomic E-state index is 0.0560. The molecule has 0 aliphatic carbocycles. The van der Waals surface area contributed by atoms with E-state index in [4.69, 9.17) is 9.47 Å². The molecular weight excluding hydrogens is 376 g/mol. The molecule has 0 saturated carbocycles. The first-order valence-corrected chi connectivity index (χ1v) is 9.74.